The van der Waals surface area contributed by atoms with Gasteiger partial charge in [-0.2, -0.15) is 4.98 Å². The SMILES string of the molecule is O=C(C=Nc1cccc(Nc2ncc(F)c(Nc3cccc(NCCO)c3)n2)c1)NCCO. The van der Waals surface area contributed by atoms with E-state index in [1.165, 1.54) is 0 Å². The molecule has 33 heavy (non-hydrogen) atoms. The molecule has 11 heteroatoms. The van der Waals surface area contributed by atoms with Crippen LogP contribution in [0, 0.1) is 5.82 Å². The number of rotatable bonds is 11. The number of aliphatic hydroxyl groups excluding tert-OH is 2. The second-order valence-corrected chi connectivity index (χ2v) is 6.69. The second kappa shape index (κ2) is 12.1. The summed E-state index contributed by atoms with van der Waals surface area (Å²) in [6.07, 6.45) is 2.17. The summed E-state index contributed by atoms with van der Waals surface area (Å²) in [6.45, 7) is 0.389. The predicted molar refractivity (Wildman–Crippen MR) is 125 cm³/mol. The fraction of sp³-hybridized carbons (Fsp3) is 0.182. The van der Waals surface area contributed by atoms with Crippen LogP contribution in [0.4, 0.5) is 38.9 Å². The van der Waals surface area contributed by atoms with Gasteiger partial charge in [0.15, 0.2) is 11.6 Å². The lowest BCUT2D eigenvalue weighted by Gasteiger charge is -2.11. The van der Waals surface area contributed by atoms with E-state index in [1.807, 2.05) is 6.07 Å². The number of nitrogens with one attached hydrogen (secondary N) is 4. The minimum atomic E-state index is -0.624. The largest absolute Gasteiger partial charge is 0.395 e. The topological polar surface area (TPSA) is 144 Å². The molecule has 0 aliphatic rings. The molecule has 1 aromatic heterocycles. The van der Waals surface area contributed by atoms with Gasteiger partial charge in [-0.25, -0.2) is 9.37 Å². The van der Waals surface area contributed by atoms with Crippen molar-refractivity contribution in [1.29, 1.82) is 0 Å². The number of halogens is 1. The first-order valence-corrected chi connectivity index (χ1v) is 10.1. The van der Waals surface area contributed by atoms with Crippen LogP contribution in [0.3, 0.4) is 0 Å². The Bertz CT molecular complexity index is 1110. The Hall–Kier alpha value is -4.09. The zero-order valence-electron chi connectivity index (χ0n) is 17.6. The lowest BCUT2D eigenvalue weighted by molar-refractivity contribution is -0.114. The summed E-state index contributed by atoms with van der Waals surface area (Å²) in [6, 6.07) is 14.0. The van der Waals surface area contributed by atoms with Crippen LogP contribution in [0.15, 0.2) is 59.7 Å². The number of nitrogens with zero attached hydrogens (tertiary/aromatic N) is 3. The Morgan fingerprint density at radius 1 is 1.00 bits per heavy atom. The Labute approximate surface area is 189 Å². The summed E-state index contributed by atoms with van der Waals surface area (Å²) in [4.78, 5) is 23.8. The third-order valence-electron chi connectivity index (χ3n) is 4.15. The Morgan fingerprint density at radius 3 is 2.52 bits per heavy atom. The van der Waals surface area contributed by atoms with E-state index in [4.69, 9.17) is 10.2 Å². The number of anilines is 5. The van der Waals surface area contributed by atoms with E-state index < -0.39 is 11.7 Å². The van der Waals surface area contributed by atoms with Gasteiger partial charge < -0.3 is 31.5 Å². The number of aliphatic hydroxyl groups is 2. The van der Waals surface area contributed by atoms with Crippen molar-refractivity contribution in [2.45, 2.75) is 0 Å². The number of carbonyl (C=O) groups excluding carboxylic acids is 1. The molecule has 10 nitrogen and oxygen atoms in total. The van der Waals surface area contributed by atoms with Gasteiger partial charge in [0.25, 0.3) is 5.91 Å². The van der Waals surface area contributed by atoms with E-state index in [1.54, 1.807) is 42.5 Å². The van der Waals surface area contributed by atoms with E-state index in [0.717, 1.165) is 18.1 Å². The molecule has 0 atom stereocenters. The van der Waals surface area contributed by atoms with Gasteiger partial charge in [-0.3, -0.25) is 9.79 Å². The smallest absolute Gasteiger partial charge is 0.262 e. The fourth-order valence-corrected chi connectivity index (χ4v) is 2.71. The molecule has 0 bridgehead atoms. The molecule has 1 heterocycles. The third kappa shape index (κ3) is 7.52. The number of benzene rings is 2. The highest BCUT2D eigenvalue weighted by Crippen LogP contribution is 2.24. The highest BCUT2D eigenvalue weighted by molar-refractivity contribution is 6.26. The number of hydrogen-bond acceptors (Lipinski definition) is 9. The fourth-order valence-electron chi connectivity index (χ4n) is 2.71. The first-order chi connectivity index (χ1) is 16.1. The van der Waals surface area contributed by atoms with Gasteiger partial charge in [0.2, 0.25) is 5.95 Å². The van der Waals surface area contributed by atoms with E-state index >= 15 is 0 Å². The van der Waals surface area contributed by atoms with Gasteiger partial charge in [0.05, 0.1) is 31.3 Å². The number of carbonyl (C=O) groups is 1. The first-order valence-electron chi connectivity index (χ1n) is 10.1. The molecular weight excluding hydrogens is 429 g/mol. The summed E-state index contributed by atoms with van der Waals surface area (Å²) in [5.41, 5.74) is 2.47. The summed E-state index contributed by atoms with van der Waals surface area (Å²) >= 11 is 0. The van der Waals surface area contributed by atoms with Crippen molar-refractivity contribution in [2.24, 2.45) is 4.99 Å². The molecule has 0 unspecified atom stereocenters. The molecular formula is C22H24FN7O3. The monoisotopic (exact) mass is 453 g/mol. The maximum absolute atomic E-state index is 14.3. The first kappa shape index (κ1) is 23.6. The van der Waals surface area contributed by atoms with Gasteiger partial charge in [0, 0.05) is 30.2 Å². The highest BCUT2D eigenvalue weighted by Gasteiger charge is 2.09. The van der Waals surface area contributed by atoms with Crippen LogP contribution in [0.5, 0.6) is 0 Å². The Morgan fingerprint density at radius 2 is 1.73 bits per heavy atom. The molecule has 3 rings (SSSR count). The van der Waals surface area contributed by atoms with Crippen LogP contribution < -0.4 is 21.3 Å². The molecule has 0 aliphatic heterocycles. The van der Waals surface area contributed by atoms with Crippen LogP contribution in [-0.4, -0.2) is 58.6 Å². The average Bonchev–Trinajstić information content (AvgIpc) is 2.83. The predicted octanol–water partition coefficient (Wildman–Crippen LogP) is 2.32. The van der Waals surface area contributed by atoms with Crippen molar-refractivity contribution in [1.82, 2.24) is 15.3 Å². The molecule has 0 saturated carbocycles. The summed E-state index contributed by atoms with van der Waals surface area (Å²) in [7, 11) is 0. The second-order valence-electron chi connectivity index (χ2n) is 6.69. The van der Waals surface area contributed by atoms with Crippen LogP contribution in [-0.2, 0) is 4.79 Å². The molecule has 6 N–H and O–H groups in total. The van der Waals surface area contributed by atoms with Crippen molar-refractivity contribution in [2.75, 3.05) is 42.3 Å². The zero-order valence-corrected chi connectivity index (χ0v) is 17.6. The number of aliphatic imine (C=N–C) groups is 1. The summed E-state index contributed by atoms with van der Waals surface area (Å²) in [5, 5.41) is 29.1. The van der Waals surface area contributed by atoms with Crippen LogP contribution in [0.1, 0.15) is 0 Å². The Balaban J connectivity index is 1.70. The third-order valence-corrected chi connectivity index (χ3v) is 4.15. The molecule has 0 fully saturated rings. The maximum Gasteiger partial charge on any atom is 0.262 e. The van der Waals surface area contributed by atoms with E-state index in [0.29, 0.717) is 23.6 Å². The quantitative estimate of drug-likeness (QED) is 0.243. The Kier molecular flexibility index (Phi) is 8.63. The molecule has 0 saturated heterocycles. The number of amides is 1. The van der Waals surface area contributed by atoms with E-state index in [2.05, 4.69) is 36.2 Å². The molecule has 0 spiro atoms. The van der Waals surface area contributed by atoms with Crippen LogP contribution in [0.25, 0.3) is 0 Å². The van der Waals surface area contributed by atoms with Gasteiger partial charge in [0.1, 0.15) is 0 Å². The van der Waals surface area contributed by atoms with E-state index in [9.17, 15) is 9.18 Å². The van der Waals surface area contributed by atoms with Crippen LogP contribution >= 0.6 is 0 Å². The average molecular weight is 453 g/mol. The normalized spacial score (nSPS) is 10.8. The lowest BCUT2D eigenvalue weighted by atomic mass is 10.2. The summed E-state index contributed by atoms with van der Waals surface area (Å²) < 4.78 is 14.3. The maximum atomic E-state index is 14.3. The number of hydrogen-bond donors (Lipinski definition) is 6. The van der Waals surface area contributed by atoms with E-state index in [-0.39, 0.29) is 31.5 Å². The van der Waals surface area contributed by atoms with Gasteiger partial charge in [-0.15, -0.1) is 0 Å². The molecule has 1 amide bonds. The van der Waals surface area contributed by atoms with Gasteiger partial charge in [-0.05, 0) is 36.4 Å². The zero-order chi connectivity index (χ0) is 23.5. The minimum Gasteiger partial charge on any atom is -0.395 e. The summed E-state index contributed by atoms with van der Waals surface area (Å²) in [5.74, 6) is -0.894. The van der Waals surface area contributed by atoms with Crippen molar-refractivity contribution in [3.63, 3.8) is 0 Å². The molecule has 3 aromatic rings. The molecule has 0 radical (unpaired) electrons. The van der Waals surface area contributed by atoms with Crippen LogP contribution in [0.2, 0.25) is 0 Å². The standard InChI is InChI=1S/C22H24FN7O3/c23-19-13-27-22(30-21(19)28-17-5-1-3-15(11-17)24-7-9-31)29-18-6-2-4-16(12-18)26-14-20(33)25-8-10-32/h1-6,11-14,24,31-32H,7-10H2,(H,25,33)(H2,27,28,29,30). The van der Waals surface area contributed by atoms with Crippen molar-refractivity contribution < 1.29 is 19.4 Å². The number of aromatic nitrogens is 2. The molecule has 172 valence electrons. The molecule has 0 aliphatic carbocycles. The minimum absolute atomic E-state index is 0.00333. The van der Waals surface area contributed by atoms with Crippen molar-refractivity contribution in [3.8, 4) is 0 Å². The van der Waals surface area contributed by atoms with Crippen molar-refractivity contribution >= 4 is 46.6 Å². The highest BCUT2D eigenvalue weighted by atomic mass is 19.1. The lowest BCUT2D eigenvalue weighted by Crippen LogP contribution is -2.26. The van der Waals surface area contributed by atoms with Gasteiger partial charge >= 0.3 is 0 Å². The van der Waals surface area contributed by atoms with Crippen molar-refractivity contribution in [3.05, 3.63) is 60.5 Å². The molecule has 2 aromatic carbocycles. The van der Waals surface area contributed by atoms with Gasteiger partial charge in [-0.1, -0.05) is 12.1 Å².